The Labute approximate surface area is 178 Å². The van der Waals surface area contributed by atoms with Crippen molar-refractivity contribution in [1.29, 1.82) is 0 Å². The Morgan fingerprint density at radius 3 is 2.76 bits per heavy atom. The van der Waals surface area contributed by atoms with Gasteiger partial charge in [0.25, 0.3) is 5.91 Å². The van der Waals surface area contributed by atoms with Crippen LogP contribution >= 0.6 is 11.6 Å². The summed E-state index contributed by atoms with van der Waals surface area (Å²) in [5.74, 6) is 1.10. The van der Waals surface area contributed by atoms with Gasteiger partial charge in [0, 0.05) is 30.4 Å². The molecular weight excluding hydrogens is 388 g/mol. The fourth-order valence-electron chi connectivity index (χ4n) is 4.00. The molecule has 0 bridgehead atoms. The summed E-state index contributed by atoms with van der Waals surface area (Å²) in [6, 6.07) is 5.76. The minimum Gasteiger partial charge on any atom is -0.483 e. The van der Waals surface area contributed by atoms with Crippen molar-refractivity contribution >= 4 is 17.5 Å². The van der Waals surface area contributed by atoms with Crippen LogP contribution in [0.1, 0.15) is 55.2 Å². The lowest BCUT2D eigenvalue weighted by Crippen LogP contribution is -2.36. The number of likely N-dealkylation sites (N-methyl/N-ethyl adjacent to an activating group) is 1. The summed E-state index contributed by atoms with van der Waals surface area (Å²) in [5.41, 5.74) is 2.20. The molecule has 1 aromatic carbocycles. The molecule has 0 spiro atoms. The summed E-state index contributed by atoms with van der Waals surface area (Å²) in [6.07, 6.45) is 9.86. The van der Waals surface area contributed by atoms with Gasteiger partial charge in [0.2, 0.25) is 0 Å². The number of hydrogen-bond acceptors (Lipinski definition) is 4. The maximum absolute atomic E-state index is 12.4. The molecule has 3 rings (SSSR count). The molecule has 1 amide bonds. The predicted octanol–water partition coefficient (Wildman–Crippen LogP) is 3.92. The summed E-state index contributed by atoms with van der Waals surface area (Å²) in [4.78, 5) is 14.5. The largest absolute Gasteiger partial charge is 0.483 e. The van der Waals surface area contributed by atoms with Crippen LogP contribution in [0.5, 0.6) is 5.75 Å². The lowest BCUT2D eigenvalue weighted by atomic mass is 9.84. The topological polar surface area (TPSA) is 59.4 Å². The number of nitrogens with zero attached hydrogens (tertiary/aromatic N) is 3. The van der Waals surface area contributed by atoms with Gasteiger partial charge in [-0.1, -0.05) is 30.9 Å². The van der Waals surface area contributed by atoms with Crippen LogP contribution in [0.4, 0.5) is 0 Å². The fourth-order valence-corrected chi connectivity index (χ4v) is 4.18. The smallest absolute Gasteiger partial charge is 0.258 e. The van der Waals surface area contributed by atoms with Crippen molar-refractivity contribution in [2.24, 2.45) is 7.05 Å². The van der Waals surface area contributed by atoms with Gasteiger partial charge in [0.05, 0.1) is 12.2 Å². The molecule has 1 aromatic heterocycles. The summed E-state index contributed by atoms with van der Waals surface area (Å²) in [6.45, 7) is 0.492. The number of aromatic nitrogens is 2. The SMILES string of the molecule is CN(C)C(CNC(=O)COc1ccc(Cl)cc1C1CCCCC1)c1cnn(C)c1. The van der Waals surface area contributed by atoms with Crippen LogP contribution in [0.15, 0.2) is 30.6 Å². The molecule has 1 heterocycles. The second-order valence-corrected chi connectivity index (χ2v) is 8.47. The van der Waals surface area contributed by atoms with Gasteiger partial charge in [-0.15, -0.1) is 0 Å². The molecule has 6 nitrogen and oxygen atoms in total. The highest BCUT2D eigenvalue weighted by Gasteiger charge is 2.21. The maximum Gasteiger partial charge on any atom is 0.258 e. The summed E-state index contributed by atoms with van der Waals surface area (Å²) in [7, 11) is 5.87. The zero-order valence-corrected chi connectivity index (χ0v) is 18.3. The number of benzene rings is 1. The molecule has 1 N–H and O–H groups in total. The molecular formula is C22H31ClN4O2. The van der Waals surface area contributed by atoms with Crippen LogP contribution < -0.4 is 10.1 Å². The van der Waals surface area contributed by atoms with E-state index in [-0.39, 0.29) is 18.6 Å². The molecule has 29 heavy (non-hydrogen) atoms. The molecule has 1 aliphatic rings. The molecule has 0 aliphatic heterocycles. The molecule has 1 saturated carbocycles. The van der Waals surface area contributed by atoms with Crippen molar-refractivity contribution in [3.05, 3.63) is 46.7 Å². The highest BCUT2D eigenvalue weighted by molar-refractivity contribution is 6.30. The first-order chi connectivity index (χ1) is 13.9. The normalized spacial score (nSPS) is 16.0. The number of amides is 1. The maximum atomic E-state index is 12.4. The van der Waals surface area contributed by atoms with Crippen molar-refractivity contribution in [3.63, 3.8) is 0 Å². The monoisotopic (exact) mass is 418 g/mol. The van der Waals surface area contributed by atoms with Gasteiger partial charge in [0.15, 0.2) is 6.61 Å². The van der Waals surface area contributed by atoms with Gasteiger partial charge in [-0.3, -0.25) is 9.48 Å². The van der Waals surface area contributed by atoms with Crippen LogP contribution in [0.3, 0.4) is 0 Å². The number of rotatable bonds is 8. The van der Waals surface area contributed by atoms with E-state index in [2.05, 4.69) is 15.3 Å². The van der Waals surface area contributed by atoms with Gasteiger partial charge >= 0.3 is 0 Å². The lowest BCUT2D eigenvalue weighted by Gasteiger charge is -2.25. The van der Waals surface area contributed by atoms with Crippen molar-refractivity contribution in [3.8, 4) is 5.75 Å². The van der Waals surface area contributed by atoms with Crippen LogP contribution in [0, 0.1) is 0 Å². The Balaban J connectivity index is 1.57. The Kier molecular flexibility index (Phi) is 7.56. The zero-order valence-electron chi connectivity index (χ0n) is 17.5. The average Bonchev–Trinajstić information content (AvgIpc) is 3.13. The molecule has 7 heteroatoms. The number of carbonyl (C=O) groups is 1. The van der Waals surface area contributed by atoms with E-state index in [1.165, 1.54) is 19.3 Å². The van der Waals surface area contributed by atoms with E-state index in [0.717, 1.165) is 29.7 Å². The molecule has 2 aromatic rings. The van der Waals surface area contributed by atoms with E-state index in [0.29, 0.717) is 17.5 Å². The van der Waals surface area contributed by atoms with Gasteiger partial charge in [-0.05, 0) is 56.6 Å². The Morgan fingerprint density at radius 1 is 1.34 bits per heavy atom. The van der Waals surface area contributed by atoms with Gasteiger partial charge in [-0.25, -0.2) is 0 Å². The third-order valence-corrected chi connectivity index (χ3v) is 5.84. The minimum absolute atomic E-state index is 0.00542. The van der Waals surface area contributed by atoms with Crippen LogP contribution in [-0.4, -0.2) is 47.8 Å². The van der Waals surface area contributed by atoms with Crippen molar-refractivity contribution < 1.29 is 9.53 Å². The lowest BCUT2D eigenvalue weighted by molar-refractivity contribution is -0.123. The molecule has 1 atom stereocenters. The Bertz CT molecular complexity index is 815. The van der Waals surface area contributed by atoms with E-state index in [4.69, 9.17) is 16.3 Å². The quantitative estimate of drug-likeness (QED) is 0.705. The highest BCUT2D eigenvalue weighted by atomic mass is 35.5. The number of carbonyl (C=O) groups excluding carboxylic acids is 1. The molecule has 0 radical (unpaired) electrons. The van der Waals surface area contributed by atoms with Crippen LogP contribution in [0.25, 0.3) is 0 Å². The van der Waals surface area contributed by atoms with E-state index in [1.807, 2.05) is 51.7 Å². The number of hydrogen-bond donors (Lipinski definition) is 1. The predicted molar refractivity (Wildman–Crippen MR) is 115 cm³/mol. The second-order valence-electron chi connectivity index (χ2n) is 8.04. The molecule has 1 unspecified atom stereocenters. The standard InChI is InChI=1S/C22H31ClN4O2/c1-26(2)20(17-12-25-27(3)14-17)13-24-22(28)15-29-21-10-9-18(23)11-19(21)16-7-5-4-6-8-16/h9-12,14,16,20H,4-8,13,15H2,1-3H3,(H,24,28). The van der Waals surface area contributed by atoms with Gasteiger partial charge < -0.3 is 15.0 Å². The molecule has 158 valence electrons. The molecule has 1 aliphatic carbocycles. The molecule has 1 fully saturated rings. The number of ether oxygens (including phenoxy) is 1. The van der Waals surface area contributed by atoms with Crippen molar-refractivity contribution in [2.45, 2.75) is 44.1 Å². The number of nitrogens with one attached hydrogen (secondary N) is 1. The molecule has 0 saturated heterocycles. The number of aryl methyl sites for hydroxylation is 1. The van der Waals surface area contributed by atoms with E-state index in [9.17, 15) is 4.79 Å². The summed E-state index contributed by atoms with van der Waals surface area (Å²) < 4.78 is 7.68. The first-order valence-electron chi connectivity index (χ1n) is 10.3. The number of halogens is 1. The highest BCUT2D eigenvalue weighted by Crippen LogP contribution is 2.38. The van der Waals surface area contributed by atoms with Gasteiger partial charge in [0.1, 0.15) is 5.75 Å². The van der Waals surface area contributed by atoms with E-state index >= 15 is 0 Å². The Morgan fingerprint density at radius 2 is 2.10 bits per heavy atom. The fraction of sp³-hybridized carbons (Fsp3) is 0.545. The van der Waals surface area contributed by atoms with Crippen molar-refractivity contribution in [2.75, 3.05) is 27.2 Å². The first-order valence-corrected chi connectivity index (χ1v) is 10.7. The van der Waals surface area contributed by atoms with Gasteiger partial charge in [-0.2, -0.15) is 5.10 Å². The van der Waals surface area contributed by atoms with Crippen LogP contribution in [0.2, 0.25) is 5.02 Å². The summed E-state index contributed by atoms with van der Waals surface area (Å²) >= 11 is 6.23. The first kappa shape index (κ1) is 21.7. The van der Waals surface area contributed by atoms with Crippen LogP contribution in [-0.2, 0) is 11.8 Å². The zero-order chi connectivity index (χ0) is 20.8. The minimum atomic E-state index is -0.134. The third-order valence-electron chi connectivity index (χ3n) is 5.60. The average molecular weight is 419 g/mol. The second kappa shape index (κ2) is 10.1. The van der Waals surface area contributed by atoms with E-state index < -0.39 is 0 Å². The van der Waals surface area contributed by atoms with Crippen molar-refractivity contribution in [1.82, 2.24) is 20.0 Å². The Hall–Kier alpha value is -2.05. The summed E-state index contributed by atoms with van der Waals surface area (Å²) in [5, 5.41) is 7.93. The van der Waals surface area contributed by atoms with E-state index in [1.54, 1.807) is 4.68 Å². The third kappa shape index (κ3) is 5.97.